The van der Waals surface area contributed by atoms with Crippen LogP contribution in [0.15, 0.2) is 229 Å². The second kappa shape index (κ2) is 18.8. The van der Waals surface area contributed by atoms with Crippen molar-refractivity contribution in [3.8, 4) is 22.8 Å². The highest BCUT2D eigenvalue weighted by Crippen LogP contribution is 2.47. The summed E-state index contributed by atoms with van der Waals surface area (Å²) in [5.74, 6) is 3.75. The van der Waals surface area contributed by atoms with E-state index in [9.17, 15) is 0 Å². The molecule has 0 amide bonds. The van der Waals surface area contributed by atoms with E-state index in [0.29, 0.717) is 17.5 Å². The summed E-state index contributed by atoms with van der Waals surface area (Å²) < 4.78 is 0. The molecule has 2 aliphatic carbocycles. The Balaban J connectivity index is 0.964. The molecule has 8 nitrogen and oxygen atoms in total. The molecule has 11 rings (SSSR count). The van der Waals surface area contributed by atoms with Gasteiger partial charge in [0.15, 0.2) is 17.5 Å². The van der Waals surface area contributed by atoms with Crippen molar-refractivity contribution in [1.82, 2.24) is 34.9 Å². The minimum atomic E-state index is 0.0190. The van der Waals surface area contributed by atoms with Gasteiger partial charge >= 0.3 is 0 Å². The fourth-order valence-electron chi connectivity index (χ4n) is 9.26. The van der Waals surface area contributed by atoms with Gasteiger partial charge in [0.1, 0.15) is 11.6 Å². The van der Waals surface area contributed by atoms with E-state index in [1.54, 1.807) is 0 Å². The third-order valence-corrected chi connectivity index (χ3v) is 12.8. The van der Waals surface area contributed by atoms with Crippen molar-refractivity contribution in [3.63, 3.8) is 0 Å². The lowest BCUT2D eigenvalue weighted by atomic mass is 9.94. The molecule has 1 aliphatic heterocycles. The molecule has 328 valence electrons. The molecule has 8 heteroatoms. The second-order valence-corrected chi connectivity index (χ2v) is 17.2. The monoisotopic (exact) mass is 880 g/mol. The van der Waals surface area contributed by atoms with Crippen LogP contribution in [0.3, 0.4) is 0 Å². The summed E-state index contributed by atoms with van der Waals surface area (Å²) in [6.07, 6.45) is 30.6. The van der Waals surface area contributed by atoms with Crippen molar-refractivity contribution < 1.29 is 0 Å². The zero-order valence-electron chi connectivity index (χ0n) is 38.0. The molecule has 3 aliphatic rings. The molecule has 0 N–H and O–H groups in total. The first kappa shape index (κ1) is 42.2. The maximum Gasteiger partial charge on any atom is 0.164 e. The van der Waals surface area contributed by atoms with Crippen LogP contribution in [-0.4, -0.2) is 34.9 Å². The zero-order valence-corrected chi connectivity index (χ0v) is 38.0. The predicted molar refractivity (Wildman–Crippen MR) is 276 cm³/mol. The molecular weight excluding hydrogens is 833 g/mol. The molecule has 0 saturated carbocycles. The first-order valence-electron chi connectivity index (χ1n) is 23.3. The van der Waals surface area contributed by atoms with Gasteiger partial charge in [0, 0.05) is 63.2 Å². The van der Waals surface area contributed by atoms with Crippen molar-refractivity contribution in [1.29, 1.82) is 0 Å². The van der Waals surface area contributed by atoms with Gasteiger partial charge < -0.3 is 0 Å². The lowest BCUT2D eigenvalue weighted by Crippen LogP contribution is -2.14. The van der Waals surface area contributed by atoms with Crippen molar-refractivity contribution in [3.05, 3.63) is 246 Å². The molecule has 5 aromatic heterocycles. The highest BCUT2D eigenvalue weighted by atomic mass is 15.3. The van der Waals surface area contributed by atoms with E-state index in [1.165, 1.54) is 22.3 Å². The van der Waals surface area contributed by atoms with Gasteiger partial charge in [-0.2, -0.15) is 0 Å². The quantitative estimate of drug-likeness (QED) is 0.0937. The van der Waals surface area contributed by atoms with Crippen molar-refractivity contribution in [2.45, 2.75) is 39.0 Å². The smallest absolute Gasteiger partial charge is 0.164 e. The number of aromatic nitrogens is 7. The fraction of sp³-hybridized carbons (Fsp3) is 0.117. The van der Waals surface area contributed by atoms with Crippen LogP contribution in [0.25, 0.3) is 55.7 Å². The number of hydrogen-bond donors (Lipinski definition) is 0. The first-order valence-corrected chi connectivity index (χ1v) is 23.3. The minimum absolute atomic E-state index is 0.0190. The van der Waals surface area contributed by atoms with Gasteiger partial charge in [-0.25, -0.2) is 29.9 Å². The molecule has 0 radical (unpaired) electrons. The molecule has 6 heterocycles. The summed E-state index contributed by atoms with van der Waals surface area (Å²) in [6.45, 7) is 4.49. The molecule has 2 unspecified atom stereocenters. The van der Waals surface area contributed by atoms with Crippen molar-refractivity contribution >= 4 is 44.6 Å². The van der Waals surface area contributed by atoms with Crippen LogP contribution in [0.1, 0.15) is 56.1 Å². The Morgan fingerprint density at radius 1 is 0.662 bits per heavy atom. The van der Waals surface area contributed by atoms with Gasteiger partial charge in [-0.05, 0) is 78.3 Å². The number of nitrogens with zero attached hydrogens (tertiary/aromatic N) is 8. The molecule has 2 atom stereocenters. The number of pyridine rings is 4. The van der Waals surface area contributed by atoms with Gasteiger partial charge in [0.25, 0.3) is 0 Å². The first-order chi connectivity index (χ1) is 33.6. The van der Waals surface area contributed by atoms with Crippen molar-refractivity contribution in [2.24, 2.45) is 5.92 Å². The number of benzene rings is 3. The molecule has 3 aromatic carbocycles. The Morgan fingerprint density at radius 3 is 2.15 bits per heavy atom. The molecule has 68 heavy (non-hydrogen) atoms. The lowest BCUT2D eigenvalue weighted by Gasteiger charge is -2.20. The van der Waals surface area contributed by atoms with E-state index >= 15 is 0 Å². The number of anilines is 2. The van der Waals surface area contributed by atoms with Gasteiger partial charge in [0.2, 0.25) is 0 Å². The normalized spacial score (nSPS) is 16.3. The van der Waals surface area contributed by atoms with E-state index in [0.717, 1.165) is 86.4 Å². The van der Waals surface area contributed by atoms with Crippen LogP contribution in [0.2, 0.25) is 0 Å². The standard InChI is InChI=1S/C60H48N8/c1-3-41(38-42-24-31-50-51-22-14-36-63-60(51)68(53(50)33-25-42)54-23-10-11-34-61-54)39-49(59-66-57(47-15-6-4-7-16-47)65-58(67-59)48-17-8-5-9-18-48)37-40(2)43-19-12-20-44(27-26-43)52-32-30-46-29-28-45-21-13-35-62-55(45)56(46)64-52/h4-11,13-37,39-40,50H,3,12,38H2,1-2H3/b41-39+,49-37+. The van der Waals surface area contributed by atoms with Gasteiger partial charge in [0.05, 0.1) is 16.7 Å². The third kappa shape index (κ3) is 8.56. The van der Waals surface area contributed by atoms with E-state index in [4.69, 9.17) is 34.9 Å². The molecule has 0 bridgehead atoms. The number of rotatable bonds is 11. The molecule has 8 aromatic rings. The van der Waals surface area contributed by atoms with Gasteiger partial charge in [-0.1, -0.05) is 171 Å². The summed E-state index contributed by atoms with van der Waals surface area (Å²) in [7, 11) is 0. The van der Waals surface area contributed by atoms with Crippen molar-refractivity contribution in [2.75, 3.05) is 4.90 Å². The summed E-state index contributed by atoms with van der Waals surface area (Å²) >= 11 is 0. The Morgan fingerprint density at radius 2 is 1.38 bits per heavy atom. The lowest BCUT2D eigenvalue weighted by molar-refractivity contribution is 0.884. The summed E-state index contributed by atoms with van der Waals surface area (Å²) in [5, 5.41) is 2.16. The average molecular weight is 881 g/mol. The second-order valence-electron chi connectivity index (χ2n) is 17.2. The summed E-state index contributed by atoms with van der Waals surface area (Å²) in [4.78, 5) is 37.1. The maximum atomic E-state index is 5.24. The van der Waals surface area contributed by atoms with Gasteiger partial charge in [-0.3, -0.25) is 9.88 Å². The highest BCUT2D eigenvalue weighted by molar-refractivity contribution is 6.03. The van der Waals surface area contributed by atoms with Crippen LogP contribution in [0.4, 0.5) is 11.6 Å². The summed E-state index contributed by atoms with van der Waals surface area (Å²) in [6, 6.07) is 43.1. The van der Waals surface area contributed by atoms with E-state index < -0.39 is 0 Å². The van der Waals surface area contributed by atoms with E-state index in [-0.39, 0.29) is 11.8 Å². The largest absolute Gasteiger partial charge is 0.282 e. The Hall–Kier alpha value is -8.49. The zero-order chi connectivity index (χ0) is 45.8. The predicted octanol–water partition coefficient (Wildman–Crippen LogP) is 14.1. The van der Waals surface area contributed by atoms with Gasteiger partial charge in [-0.15, -0.1) is 0 Å². The van der Waals surface area contributed by atoms with Crippen LogP contribution in [0, 0.1) is 5.92 Å². The highest BCUT2D eigenvalue weighted by Gasteiger charge is 2.35. The Bertz CT molecular complexity index is 3390. The molecule has 0 saturated heterocycles. The third-order valence-electron chi connectivity index (χ3n) is 12.8. The Kier molecular flexibility index (Phi) is 11.6. The molecular formula is C60H48N8. The fourth-order valence-corrected chi connectivity index (χ4v) is 9.26. The van der Waals surface area contributed by atoms with Crippen LogP contribution < -0.4 is 4.90 Å². The topological polar surface area (TPSA) is 93.5 Å². The molecule has 0 spiro atoms. The van der Waals surface area contributed by atoms with Crippen LogP contribution in [-0.2, 0) is 0 Å². The average Bonchev–Trinajstić information content (AvgIpc) is 3.55. The molecule has 0 fully saturated rings. The number of hydrogen-bond acceptors (Lipinski definition) is 8. The minimum Gasteiger partial charge on any atom is -0.282 e. The van der Waals surface area contributed by atoms with E-state index in [1.807, 2.05) is 85.3 Å². The Labute approximate surface area is 396 Å². The van der Waals surface area contributed by atoms with E-state index in [2.05, 4.69) is 140 Å². The SMILES string of the molecule is CC/C(=C\C(=C/C(C)C1=CCC=C(c2ccc3ccc4cccnc4c3n2)C=C1)c1nc(-c2ccccc2)nc(-c2ccccc2)n1)CC1=CC=C2C(C=C1)c1cccnc1N2c1ccccn1. The van der Waals surface area contributed by atoms with Crippen LogP contribution in [0.5, 0.6) is 0 Å². The van der Waals surface area contributed by atoms with Crippen LogP contribution >= 0.6 is 0 Å². The summed E-state index contributed by atoms with van der Waals surface area (Å²) in [5.41, 5.74) is 12.6. The number of allylic oxidation sites excluding steroid dienone is 15. The maximum absolute atomic E-state index is 5.24. The number of fused-ring (bicyclic) bond motifs is 6.